The highest BCUT2D eigenvalue weighted by atomic mass is 35.5. The van der Waals surface area contributed by atoms with Crippen molar-refractivity contribution in [2.24, 2.45) is 7.05 Å². The monoisotopic (exact) mass is 347 g/mol. The Hall–Kier alpha value is -3.00. The van der Waals surface area contributed by atoms with E-state index in [4.69, 9.17) is 16.7 Å². The van der Waals surface area contributed by atoms with Gasteiger partial charge in [-0.2, -0.15) is 0 Å². The van der Waals surface area contributed by atoms with Crippen LogP contribution < -0.4 is 10.9 Å². The van der Waals surface area contributed by atoms with Crippen LogP contribution in [0.5, 0.6) is 0 Å². The topological polar surface area (TPSA) is 91.9 Å². The summed E-state index contributed by atoms with van der Waals surface area (Å²) in [5.74, 6) is 0. The van der Waals surface area contributed by atoms with E-state index >= 15 is 0 Å². The maximum absolute atomic E-state index is 12.1. The van der Waals surface area contributed by atoms with Crippen LogP contribution in [0.15, 0.2) is 47.9 Å². The third-order valence-corrected chi connectivity index (χ3v) is 3.93. The lowest BCUT2D eigenvalue weighted by Crippen LogP contribution is -2.25. The van der Waals surface area contributed by atoms with Crippen LogP contribution in [0.4, 0.5) is 4.79 Å². The summed E-state index contributed by atoms with van der Waals surface area (Å²) in [6.45, 7) is 0.370. The largest absolute Gasteiger partial charge is 0.465 e. The first kappa shape index (κ1) is 15.9. The molecule has 2 N–H and O–H groups in total. The fourth-order valence-corrected chi connectivity index (χ4v) is 2.65. The van der Waals surface area contributed by atoms with Crippen molar-refractivity contribution in [3.8, 4) is 0 Å². The third-order valence-electron chi connectivity index (χ3n) is 3.61. The molecule has 8 nitrogen and oxygen atoms in total. The van der Waals surface area contributed by atoms with Crippen molar-refractivity contribution >= 4 is 34.2 Å². The number of hydrogen-bond donors (Lipinski definition) is 2. The zero-order chi connectivity index (χ0) is 17.3. The minimum absolute atomic E-state index is 0.103. The second kappa shape index (κ2) is 6.25. The smallest absolute Gasteiger partial charge is 0.412 e. The third kappa shape index (κ3) is 2.67. The number of nitrogens with one attached hydrogen (secondary N) is 1. The van der Waals surface area contributed by atoms with Gasteiger partial charge in [-0.3, -0.25) is 18.7 Å². The average Bonchev–Trinajstić information content (AvgIpc) is 3.24. The van der Waals surface area contributed by atoms with E-state index in [0.717, 1.165) is 16.1 Å². The minimum Gasteiger partial charge on any atom is -0.465 e. The zero-order valence-corrected chi connectivity index (χ0v) is 13.4. The highest BCUT2D eigenvalue weighted by Crippen LogP contribution is 2.20. The molecule has 1 aliphatic heterocycles. The van der Waals surface area contributed by atoms with Gasteiger partial charge < -0.3 is 10.4 Å². The molecule has 0 bridgehead atoms. The Morgan fingerprint density at radius 3 is 2.83 bits per heavy atom. The van der Waals surface area contributed by atoms with Gasteiger partial charge in [0.1, 0.15) is 12.0 Å². The standard InChI is InChI=1S/C11H8ClN3O.C4H6N2O2/c1-14-9-5-13-6-15(9)8-4-2-3-7(12)10(8)11(14)16;7-4(8)6-2-1-5-3-6/h2-6H,1H3;1-2,5H,3H2,(H,7,8). The molecule has 0 fully saturated rings. The predicted molar refractivity (Wildman–Crippen MR) is 90.0 cm³/mol. The van der Waals surface area contributed by atoms with Crippen LogP contribution in [0.1, 0.15) is 0 Å². The van der Waals surface area contributed by atoms with Crippen molar-refractivity contribution < 1.29 is 9.90 Å². The van der Waals surface area contributed by atoms with E-state index in [-0.39, 0.29) is 5.56 Å². The summed E-state index contributed by atoms with van der Waals surface area (Å²) in [6, 6.07) is 5.40. The number of rotatable bonds is 0. The Bertz CT molecular complexity index is 1010. The lowest BCUT2D eigenvalue weighted by molar-refractivity contribution is 0.165. The number of imidazole rings is 1. The normalized spacial score (nSPS) is 13.0. The van der Waals surface area contributed by atoms with Gasteiger partial charge in [0.05, 0.1) is 28.8 Å². The number of carboxylic acid groups (broad SMARTS) is 1. The van der Waals surface area contributed by atoms with E-state index < -0.39 is 6.09 Å². The molecule has 3 heterocycles. The van der Waals surface area contributed by atoms with Gasteiger partial charge in [-0.1, -0.05) is 17.7 Å². The zero-order valence-electron chi connectivity index (χ0n) is 12.7. The lowest BCUT2D eigenvalue weighted by atomic mass is 10.2. The molecule has 1 amide bonds. The Kier molecular flexibility index (Phi) is 4.13. The Labute approximate surface area is 141 Å². The molecule has 1 aromatic carbocycles. The molecular formula is C15H14ClN5O3. The number of halogens is 1. The molecule has 0 radical (unpaired) electrons. The number of amides is 1. The van der Waals surface area contributed by atoms with Crippen LogP contribution in [-0.4, -0.2) is 36.7 Å². The van der Waals surface area contributed by atoms with Crippen molar-refractivity contribution in [1.82, 2.24) is 24.2 Å². The molecule has 0 unspecified atom stereocenters. The first-order valence-corrected chi connectivity index (χ1v) is 7.37. The van der Waals surface area contributed by atoms with Crippen LogP contribution >= 0.6 is 11.6 Å². The Morgan fingerprint density at radius 2 is 2.21 bits per heavy atom. The molecule has 0 aliphatic carbocycles. The molecule has 0 saturated carbocycles. The van der Waals surface area contributed by atoms with Gasteiger partial charge in [0.2, 0.25) is 0 Å². The van der Waals surface area contributed by atoms with Gasteiger partial charge in [-0.25, -0.2) is 9.78 Å². The van der Waals surface area contributed by atoms with Gasteiger partial charge in [0, 0.05) is 19.4 Å². The maximum atomic E-state index is 12.1. The van der Waals surface area contributed by atoms with Crippen molar-refractivity contribution in [3.63, 3.8) is 0 Å². The Balaban J connectivity index is 0.000000179. The maximum Gasteiger partial charge on any atom is 0.412 e. The highest BCUT2D eigenvalue weighted by Gasteiger charge is 2.10. The SMILES string of the molecule is Cn1c(=O)c2c(Cl)cccc2n2cncc12.O=C(O)N1C=CNC1. The summed E-state index contributed by atoms with van der Waals surface area (Å²) in [4.78, 5) is 27.3. The highest BCUT2D eigenvalue weighted by molar-refractivity contribution is 6.35. The van der Waals surface area contributed by atoms with Gasteiger partial charge in [-0.05, 0) is 12.1 Å². The first-order valence-electron chi connectivity index (χ1n) is 6.99. The number of fused-ring (bicyclic) bond motifs is 3. The van der Waals surface area contributed by atoms with Gasteiger partial charge in [-0.15, -0.1) is 0 Å². The Morgan fingerprint density at radius 1 is 1.42 bits per heavy atom. The fourth-order valence-electron chi connectivity index (χ4n) is 2.40. The second-order valence-corrected chi connectivity index (χ2v) is 5.46. The molecule has 124 valence electrons. The van der Waals surface area contributed by atoms with E-state index in [1.54, 1.807) is 36.4 Å². The van der Waals surface area contributed by atoms with Gasteiger partial charge in [0.15, 0.2) is 0 Å². The average molecular weight is 348 g/mol. The molecule has 1 aliphatic rings. The molecule has 3 aromatic rings. The van der Waals surface area contributed by atoms with E-state index in [1.165, 1.54) is 6.20 Å². The number of hydrogen-bond acceptors (Lipinski definition) is 4. The molecule has 4 rings (SSSR count). The van der Waals surface area contributed by atoms with Crippen molar-refractivity contribution in [3.05, 3.63) is 58.5 Å². The molecule has 24 heavy (non-hydrogen) atoms. The minimum atomic E-state index is -0.925. The summed E-state index contributed by atoms with van der Waals surface area (Å²) >= 11 is 6.05. The fraction of sp³-hybridized carbons (Fsp3) is 0.133. The van der Waals surface area contributed by atoms with Crippen LogP contribution in [0, 0.1) is 0 Å². The van der Waals surface area contributed by atoms with Crippen molar-refractivity contribution in [2.45, 2.75) is 0 Å². The summed E-state index contributed by atoms with van der Waals surface area (Å²) in [5.41, 5.74) is 1.43. The van der Waals surface area contributed by atoms with Gasteiger partial charge in [0.25, 0.3) is 5.56 Å². The van der Waals surface area contributed by atoms with Crippen molar-refractivity contribution in [2.75, 3.05) is 6.67 Å². The quantitative estimate of drug-likeness (QED) is 0.647. The number of aryl methyl sites for hydroxylation is 1. The van der Waals surface area contributed by atoms with Crippen LogP contribution in [0.2, 0.25) is 5.02 Å². The summed E-state index contributed by atoms with van der Waals surface area (Å²) < 4.78 is 3.39. The van der Waals surface area contributed by atoms with E-state index in [1.807, 2.05) is 16.5 Å². The van der Waals surface area contributed by atoms with E-state index in [9.17, 15) is 9.59 Å². The van der Waals surface area contributed by atoms with E-state index in [2.05, 4.69) is 10.3 Å². The number of benzene rings is 1. The molecular weight excluding hydrogens is 334 g/mol. The lowest BCUT2D eigenvalue weighted by Gasteiger charge is -2.07. The predicted octanol–water partition coefficient (Wildman–Crippen LogP) is 1.84. The molecule has 9 heteroatoms. The summed E-state index contributed by atoms with van der Waals surface area (Å²) in [5, 5.41) is 12.0. The number of aromatic nitrogens is 3. The molecule has 2 aromatic heterocycles. The van der Waals surface area contributed by atoms with Gasteiger partial charge >= 0.3 is 6.09 Å². The first-order chi connectivity index (χ1) is 11.5. The van der Waals surface area contributed by atoms with Crippen LogP contribution in [-0.2, 0) is 7.05 Å². The van der Waals surface area contributed by atoms with Crippen molar-refractivity contribution in [1.29, 1.82) is 0 Å². The molecule has 0 saturated heterocycles. The summed E-state index contributed by atoms with van der Waals surface area (Å²) in [7, 11) is 1.71. The molecule has 0 spiro atoms. The number of nitrogens with zero attached hydrogens (tertiary/aromatic N) is 4. The summed E-state index contributed by atoms with van der Waals surface area (Å²) in [6.07, 6.45) is 5.47. The number of carbonyl (C=O) groups is 1. The second-order valence-electron chi connectivity index (χ2n) is 5.05. The van der Waals surface area contributed by atoms with E-state index in [0.29, 0.717) is 17.1 Å². The van der Waals surface area contributed by atoms with Crippen LogP contribution in [0.3, 0.4) is 0 Å². The molecule has 0 atom stereocenters. The van der Waals surface area contributed by atoms with Crippen LogP contribution in [0.25, 0.3) is 16.6 Å².